The first kappa shape index (κ1) is 27.8. The molecule has 6 nitrogen and oxygen atoms in total. The van der Waals surface area contributed by atoms with Gasteiger partial charge in [0.05, 0.1) is 25.4 Å². The van der Waals surface area contributed by atoms with E-state index in [1.807, 2.05) is 12.1 Å². The number of esters is 1. The van der Waals surface area contributed by atoms with E-state index in [4.69, 9.17) is 14.2 Å². The highest BCUT2D eigenvalue weighted by molar-refractivity contribution is 6.04. The van der Waals surface area contributed by atoms with Crippen molar-refractivity contribution in [3.63, 3.8) is 0 Å². The van der Waals surface area contributed by atoms with Crippen LogP contribution in [0.15, 0.2) is 65.0 Å². The minimum atomic E-state index is -4.50. The second kappa shape index (κ2) is 11.0. The predicted octanol–water partition coefficient (Wildman–Crippen LogP) is 6.57. The molecule has 2 aliphatic carbocycles. The van der Waals surface area contributed by atoms with E-state index in [2.05, 4.69) is 5.32 Å². The first-order valence-electron chi connectivity index (χ1n) is 13.4. The number of halogens is 3. The molecule has 40 heavy (non-hydrogen) atoms. The molecular formula is C31H32F3NO5. The highest BCUT2D eigenvalue weighted by atomic mass is 19.4. The maximum Gasteiger partial charge on any atom is 0.416 e. The van der Waals surface area contributed by atoms with E-state index < -0.39 is 23.6 Å². The van der Waals surface area contributed by atoms with Crippen LogP contribution in [0, 0.1) is 0 Å². The van der Waals surface area contributed by atoms with Gasteiger partial charge in [-0.3, -0.25) is 4.79 Å². The van der Waals surface area contributed by atoms with Gasteiger partial charge < -0.3 is 19.5 Å². The first-order chi connectivity index (χ1) is 19.1. The molecule has 0 unspecified atom stereocenters. The van der Waals surface area contributed by atoms with Crippen LogP contribution in [0.3, 0.4) is 0 Å². The van der Waals surface area contributed by atoms with Crippen molar-refractivity contribution >= 4 is 11.8 Å². The molecule has 0 saturated heterocycles. The van der Waals surface area contributed by atoms with Crippen LogP contribution < -0.4 is 14.8 Å². The Bertz CT molecular complexity index is 1370. The molecule has 0 aromatic heterocycles. The molecule has 0 spiro atoms. The molecule has 212 valence electrons. The molecule has 1 saturated carbocycles. The summed E-state index contributed by atoms with van der Waals surface area (Å²) in [6.07, 6.45) is -0.544. The van der Waals surface area contributed by atoms with Crippen LogP contribution in [0.1, 0.15) is 74.0 Å². The third-order valence-corrected chi connectivity index (χ3v) is 8.07. The molecule has 1 aliphatic heterocycles. The number of ether oxygens (including phenoxy) is 3. The van der Waals surface area contributed by atoms with Crippen molar-refractivity contribution in [1.82, 2.24) is 5.32 Å². The molecule has 2 aromatic carbocycles. The third kappa shape index (κ3) is 5.33. The number of ketones is 1. The van der Waals surface area contributed by atoms with E-state index in [0.29, 0.717) is 40.5 Å². The smallest absolute Gasteiger partial charge is 0.416 e. The fourth-order valence-electron chi connectivity index (χ4n) is 6.07. The summed E-state index contributed by atoms with van der Waals surface area (Å²) in [5, 5.41) is 3.29. The van der Waals surface area contributed by atoms with Crippen molar-refractivity contribution in [2.24, 2.45) is 0 Å². The molecule has 0 radical (unpaired) electrons. The van der Waals surface area contributed by atoms with Gasteiger partial charge in [-0.05, 0) is 80.3 Å². The average molecular weight is 556 g/mol. The molecule has 3 aliphatic rings. The number of carbonyl (C=O) groups excluding carboxylic acids is 2. The standard InChI is InChI=1S/C31H32F3NO5/c1-17-27(30(37)40-22-6-4-5-7-22)28(18-8-11-21(12-9-18)31(32,33)34)29-23(35-17)14-20(15-24(29)36)19-10-13-25(38-2)26(16-19)39-3/h8-13,16,20,22,28,35H,4-7,14-15H2,1-3H3/t20-,28-/m1/s1. The van der Waals surface area contributed by atoms with Crippen LogP contribution in [0.5, 0.6) is 11.5 Å². The number of carbonyl (C=O) groups is 2. The molecule has 1 heterocycles. The van der Waals surface area contributed by atoms with Gasteiger partial charge in [0, 0.05) is 29.3 Å². The van der Waals surface area contributed by atoms with Gasteiger partial charge in [-0.25, -0.2) is 4.79 Å². The topological polar surface area (TPSA) is 73.9 Å². The molecule has 1 N–H and O–H groups in total. The minimum absolute atomic E-state index is 0.161. The minimum Gasteiger partial charge on any atom is -0.493 e. The van der Waals surface area contributed by atoms with Gasteiger partial charge in [-0.2, -0.15) is 13.2 Å². The van der Waals surface area contributed by atoms with Crippen molar-refractivity contribution in [2.75, 3.05) is 14.2 Å². The van der Waals surface area contributed by atoms with Crippen LogP contribution in [-0.4, -0.2) is 32.1 Å². The quantitative estimate of drug-likeness (QED) is 0.407. The van der Waals surface area contributed by atoms with Crippen molar-refractivity contribution in [3.8, 4) is 11.5 Å². The number of rotatable bonds is 6. The molecule has 2 atom stereocenters. The van der Waals surface area contributed by atoms with Crippen LogP contribution >= 0.6 is 0 Å². The van der Waals surface area contributed by atoms with Gasteiger partial charge in [0.25, 0.3) is 0 Å². The van der Waals surface area contributed by atoms with Gasteiger partial charge in [-0.15, -0.1) is 0 Å². The molecule has 1 fully saturated rings. The Morgan fingerprint density at radius 3 is 2.20 bits per heavy atom. The van der Waals surface area contributed by atoms with Crippen LogP contribution in [0.2, 0.25) is 0 Å². The van der Waals surface area contributed by atoms with Crippen molar-refractivity contribution in [1.29, 1.82) is 0 Å². The van der Waals surface area contributed by atoms with Gasteiger partial charge in [0.1, 0.15) is 6.10 Å². The monoisotopic (exact) mass is 555 g/mol. The first-order valence-corrected chi connectivity index (χ1v) is 13.4. The Hall–Kier alpha value is -3.75. The van der Waals surface area contributed by atoms with E-state index in [-0.39, 0.29) is 29.8 Å². The van der Waals surface area contributed by atoms with E-state index in [1.165, 1.54) is 12.1 Å². The maximum atomic E-state index is 13.8. The number of nitrogens with one attached hydrogen (secondary N) is 1. The van der Waals surface area contributed by atoms with E-state index in [9.17, 15) is 22.8 Å². The number of methoxy groups -OCH3 is 2. The predicted molar refractivity (Wildman–Crippen MR) is 142 cm³/mol. The SMILES string of the molecule is COc1ccc([C@H]2CC(=O)C3=C(C2)NC(C)=C(C(=O)OC2CCCC2)[C@H]3c2ccc(C(F)(F)F)cc2)cc1OC. The Balaban J connectivity index is 1.54. The highest BCUT2D eigenvalue weighted by Gasteiger charge is 2.42. The van der Waals surface area contributed by atoms with Crippen LogP contribution in [0.25, 0.3) is 0 Å². The Kier molecular flexibility index (Phi) is 7.66. The Morgan fingerprint density at radius 1 is 0.925 bits per heavy atom. The summed E-state index contributed by atoms with van der Waals surface area (Å²) in [6.45, 7) is 1.75. The fraction of sp³-hybridized carbons (Fsp3) is 0.419. The number of allylic oxidation sites excluding steroid dienone is 3. The summed E-state index contributed by atoms with van der Waals surface area (Å²) in [5.41, 5.74) is 2.42. The molecule has 0 amide bonds. The lowest BCUT2D eigenvalue weighted by Gasteiger charge is -2.37. The summed E-state index contributed by atoms with van der Waals surface area (Å²) in [5.74, 6) is -0.562. The number of alkyl halides is 3. The van der Waals surface area contributed by atoms with Gasteiger partial charge in [-0.1, -0.05) is 18.2 Å². The Labute approximate surface area is 231 Å². The fourth-order valence-corrected chi connectivity index (χ4v) is 6.07. The normalized spacial score (nSPS) is 21.7. The van der Waals surface area contributed by atoms with Crippen molar-refractivity contribution < 1.29 is 37.0 Å². The lowest BCUT2D eigenvalue weighted by molar-refractivity contribution is -0.144. The van der Waals surface area contributed by atoms with Crippen molar-refractivity contribution in [2.45, 2.75) is 69.6 Å². The second-order valence-corrected chi connectivity index (χ2v) is 10.6. The number of Topliss-reactive ketones (excluding diaryl/α,β-unsaturated/α-hetero) is 1. The Morgan fingerprint density at radius 2 is 1.57 bits per heavy atom. The summed E-state index contributed by atoms with van der Waals surface area (Å²) in [4.78, 5) is 27.3. The largest absolute Gasteiger partial charge is 0.493 e. The molecule has 2 aromatic rings. The lowest BCUT2D eigenvalue weighted by atomic mass is 9.71. The molecule has 9 heteroatoms. The summed E-state index contributed by atoms with van der Waals surface area (Å²) in [6, 6.07) is 10.2. The lowest BCUT2D eigenvalue weighted by Crippen LogP contribution is -2.36. The van der Waals surface area contributed by atoms with E-state index >= 15 is 0 Å². The molecule has 5 rings (SSSR count). The van der Waals surface area contributed by atoms with Crippen molar-refractivity contribution in [3.05, 3.63) is 81.7 Å². The maximum absolute atomic E-state index is 13.8. The zero-order chi connectivity index (χ0) is 28.6. The number of hydrogen-bond acceptors (Lipinski definition) is 6. The zero-order valence-corrected chi connectivity index (χ0v) is 22.7. The number of benzene rings is 2. The number of dihydropyridines is 1. The van der Waals surface area contributed by atoms with Gasteiger partial charge in [0.2, 0.25) is 0 Å². The van der Waals surface area contributed by atoms with Gasteiger partial charge >= 0.3 is 12.1 Å². The number of hydrogen-bond donors (Lipinski definition) is 1. The third-order valence-electron chi connectivity index (χ3n) is 8.07. The summed E-state index contributed by atoms with van der Waals surface area (Å²) >= 11 is 0. The second-order valence-electron chi connectivity index (χ2n) is 10.6. The van der Waals surface area contributed by atoms with E-state index in [1.54, 1.807) is 27.2 Å². The van der Waals surface area contributed by atoms with E-state index in [0.717, 1.165) is 43.4 Å². The summed E-state index contributed by atoms with van der Waals surface area (Å²) in [7, 11) is 3.10. The molecule has 0 bridgehead atoms. The molecular weight excluding hydrogens is 523 g/mol. The zero-order valence-electron chi connectivity index (χ0n) is 22.7. The van der Waals surface area contributed by atoms with Crippen LogP contribution in [-0.2, 0) is 20.5 Å². The average Bonchev–Trinajstić information content (AvgIpc) is 3.44. The van der Waals surface area contributed by atoms with Crippen LogP contribution in [0.4, 0.5) is 13.2 Å². The summed E-state index contributed by atoms with van der Waals surface area (Å²) < 4.78 is 56.6. The highest BCUT2D eigenvalue weighted by Crippen LogP contribution is 2.47. The van der Waals surface area contributed by atoms with Gasteiger partial charge in [0.15, 0.2) is 17.3 Å².